The molecule has 1 aliphatic heterocycles. The van der Waals surface area contributed by atoms with Gasteiger partial charge in [0, 0.05) is 18.8 Å². The first-order valence-corrected chi connectivity index (χ1v) is 9.59. The fraction of sp³-hybridized carbons (Fsp3) is 0.615. The maximum Gasteiger partial charge on any atom is 0.180 e. The van der Waals surface area contributed by atoms with Gasteiger partial charge in [-0.1, -0.05) is 6.92 Å². The summed E-state index contributed by atoms with van der Waals surface area (Å²) in [4.78, 5) is 2.68. The molecule has 6 nitrogen and oxygen atoms in total. The third-order valence-corrected chi connectivity index (χ3v) is 6.14. The lowest BCUT2D eigenvalue weighted by Crippen LogP contribution is -2.34. The zero-order chi connectivity index (χ0) is 15.6. The molecule has 1 atom stereocenters. The summed E-state index contributed by atoms with van der Waals surface area (Å²) in [7, 11) is -3.46. The molecule has 0 aliphatic carbocycles. The Morgan fingerprint density at radius 1 is 1.57 bits per heavy atom. The summed E-state index contributed by atoms with van der Waals surface area (Å²) >= 11 is 1.11. The number of rotatable bonds is 5. The minimum atomic E-state index is -3.46. The number of nitrogen functional groups attached to an aromatic ring is 1. The molecule has 0 amide bonds. The van der Waals surface area contributed by atoms with Gasteiger partial charge in [0.25, 0.3) is 0 Å². The largest absolute Gasteiger partial charge is 0.396 e. The topological polar surface area (TPSA) is 99.2 Å². The number of likely N-dealkylation sites (N-methyl/N-ethyl adjacent to an activating group) is 1. The van der Waals surface area contributed by atoms with Crippen LogP contribution in [-0.2, 0) is 9.84 Å². The predicted octanol–water partition coefficient (Wildman–Crippen LogP) is 1.50. The normalized spacial score (nSPS) is 19.6. The average Bonchev–Trinajstić information content (AvgIpc) is 2.98. The van der Waals surface area contributed by atoms with Crippen molar-refractivity contribution < 1.29 is 8.42 Å². The summed E-state index contributed by atoms with van der Waals surface area (Å²) < 4.78 is 23.8. The molecular formula is C13H20N4O2S2. The van der Waals surface area contributed by atoms with Gasteiger partial charge in [0.15, 0.2) is 9.84 Å². The van der Waals surface area contributed by atoms with Crippen LogP contribution < -0.4 is 11.1 Å². The summed E-state index contributed by atoms with van der Waals surface area (Å²) in [5, 5.41) is 12.7. The fourth-order valence-electron chi connectivity index (χ4n) is 2.75. The van der Waals surface area contributed by atoms with Crippen molar-refractivity contribution in [3.8, 4) is 6.07 Å². The third kappa shape index (κ3) is 3.31. The van der Waals surface area contributed by atoms with Crippen LogP contribution in [0.3, 0.4) is 0 Å². The van der Waals surface area contributed by atoms with Crippen molar-refractivity contribution in [2.45, 2.75) is 30.7 Å². The number of nitrogens with zero attached hydrogens (tertiary/aromatic N) is 2. The molecule has 8 heteroatoms. The van der Waals surface area contributed by atoms with E-state index in [0.29, 0.717) is 17.6 Å². The highest BCUT2D eigenvalue weighted by Gasteiger charge is 2.26. The molecule has 2 rings (SSSR count). The van der Waals surface area contributed by atoms with Crippen LogP contribution in [0, 0.1) is 11.3 Å². The van der Waals surface area contributed by atoms with E-state index in [9.17, 15) is 8.42 Å². The van der Waals surface area contributed by atoms with E-state index in [1.807, 2.05) is 6.07 Å². The number of sulfone groups is 1. The lowest BCUT2D eigenvalue weighted by atomic mass is 10.2. The highest BCUT2D eigenvalue weighted by molar-refractivity contribution is 7.91. The highest BCUT2D eigenvalue weighted by atomic mass is 32.2. The lowest BCUT2D eigenvalue weighted by Gasteiger charge is -2.23. The van der Waals surface area contributed by atoms with Gasteiger partial charge in [-0.15, -0.1) is 11.3 Å². The van der Waals surface area contributed by atoms with Gasteiger partial charge in [-0.25, -0.2) is 8.42 Å². The molecular weight excluding hydrogens is 308 g/mol. The summed E-state index contributed by atoms with van der Waals surface area (Å²) in [5.74, 6) is 0. The smallest absolute Gasteiger partial charge is 0.180 e. The molecule has 1 aliphatic rings. The number of nitrogens with two attached hydrogens (primary N) is 1. The van der Waals surface area contributed by atoms with Crippen molar-refractivity contribution in [2.24, 2.45) is 0 Å². The minimum absolute atomic E-state index is 0.0603. The molecule has 1 saturated heterocycles. The van der Waals surface area contributed by atoms with Crippen LogP contribution in [0.4, 0.5) is 10.7 Å². The fourth-order valence-corrected chi connectivity index (χ4v) is 5.12. The van der Waals surface area contributed by atoms with E-state index in [2.05, 4.69) is 17.1 Å². The van der Waals surface area contributed by atoms with Gasteiger partial charge in [0.1, 0.15) is 20.8 Å². The quantitative estimate of drug-likeness (QED) is 0.850. The van der Waals surface area contributed by atoms with Crippen LogP contribution in [0.5, 0.6) is 0 Å². The minimum Gasteiger partial charge on any atom is -0.396 e. The summed E-state index contributed by atoms with van der Waals surface area (Å²) in [5.41, 5.74) is 5.86. The molecule has 1 fully saturated rings. The number of likely N-dealkylation sites (tertiary alicyclic amines) is 1. The first kappa shape index (κ1) is 16.1. The number of hydrogen-bond acceptors (Lipinski definition) is 7. The SMILES string of the molecule is CCN1CCCC1CNc1sc(C#N)c(N)c1S(C)(=O)=O. The summed E-state index contributed by atoms with van der Waals surface area (Å²) in [6, 6.07) is 2.35. The van der Waals surface area contributed by atoms with Crippen molar-refractivity contribution in [1.82, 2.24) is 4.90 Å². The van der Waals surface area contributed by atoms with Crippen LogP contribution in [0.1, 0.15) is 24.6 Å². The predicted molar refractivity (Wildman–Crippen MR) is 85.3 cm³/mol. The van der Waals surface area contributed by atoms with E-state index in [1.54, 1.807) is 0 Å². The number of nitrogens with one attached hydrogen (secondary N) is 1. The third-order valence-electron chi connectivity index (χ3n) is 3.78. The van der Waals surface area contributed by atoms with Gasteiger partial charge in [-0.3, -0.25) is 4.90 Å². The Bertz CT molecular complexity index is 660. The molecule has 0 saturated carbocycles. The Labute approximate surface area is 129 Å². The van der Waals surface area contributed by atoms with Crippen LogP contribution in [0.2, 0.25) is 0 Å². The molecule has 2 heterocycles. The maximum atomic E-state index is 11.9. The number of nitriles is 1. The molecule has 21 heavy (non-hydrogen) atoms. The van der Waals surface area contributed by atoms with Crippen molar-refractivity contribution in [1.29, 1.82) is 5.26 Å². The zero-order valence-electron chi connectivity index (χ0n) is 12.2. The van der Waals surface area contributed by atoms with Gasteiger partial charge in [0.2, 0.25) is 0 Å². The van der Waals surface area contributed by atoms with E-state index in [0.717, 1.165) is 43.5 Å². The molecule has 0 spiro atoms. The van der Waals surface area contributed by atoms with Gasteiger partial charge >= 0.3 is 0 Å². The standard InChI is InChI=1S/C13H20N4O2S2/c1-3-17-6-4-5-9(17)8-16-13-12(21(2,18)19)11(15)10(7-14)20-13/h9,16H,3-6,8,15H2,1-2H3. The first-order valence-electron chi connectivity index (χ1n) is 6.88. The zero-order valence-corrected chi connectivity index (χ0v) is 13.9. The second kappa shape index (κ2) is 6.22. The van der Waals surface area contributed by atoms with E-state index in [1.165, 1.54) is 0 Å². The molecule has 0 bridgehead atoms. The van der Waals surface area contributed by atoms with Crippen molar-refractivity contribution in [2.75, 3.05) is 36.9 Å². The Hall–Kier alpha value is -1.30. The van der Waals surface area contributed by atoms with Crippen LogP contribution >= 0.6 is 11.3 Å². The second-order valence-corrected chi connectivity index (χ2v) is 8.17. The van der Waals surface area contributed by atoms with Gasteiger partial charge in [-0.2, -0.15) is 5.26 Å². The van der Waals surface area contributed by atoms with Gasteiger partial charge in [-0.05, 0) is 25.9 Å². The number of hydrogen-bond donors (Lipinski definition) is 2. The summed E-state index contributed by atoms with van der Waals surface area (Å²) in [6.45, 7) is 4.86. The van der Waals surface area contributed by atoms with Gasteiger partial charge < -0.3 is 11.1 Å². The number of thiophene rings is 1. The summed E-state index contributed by atoms with van der Waals surface area (Å²) in [6.07, 6.45) is 3.38. The van der Waals surface area contributed by atoms with Crippen LogP contribution in [0.15, 0.2) is 4.90 Å². The van der Waals surface area contributed by atoms with Crippen LogP contribution in [0.25, 0.3) is 0 Å². The molecule has 1 aromatic heterocycles. The van der Waals surface area contributed by atoms with Crippen LogP contribution in [-0.4, -0.2) is 45.2 Å². The second-order valence-electron chi connectivity index (χ2n) is 5.19. The number of anilines is 2. The van der Waals surface area contributed by atoms with Crippen molar-refractivity contribution in [3.05, 3.63) is 4.88 Å². The monoisotopic (exact) mass is 328 g/mol. The Balaban J connectivity index is 2.22. The molecule has 3 N–H and O–H groups in total. The molecule has 0 radical (unpaired) electrons. The molecule has 1 aromatic rings. The highest BCUT2D eigenvalue weighted by Crippen LogP contribution is 2.38. The van der Waals surface area contributed by atoms with Gasteiger partial charge in [0.05, 0.1) is 5.69 Å². The first-order chi connectivity index (χ1) is 9.88. The maximum absolute atomic E-state index is 11.9. The van der Waals surface area contributed by atoms with E-state index < -0.39 is 9.84 Å². The van der Waals surface area contributed by atoms with E-state index in [4.69, 9.17) is 11.0 Å². The molecule has 1 unspecified atom stereocenters. The molecule has 0 aromatic carbocycles. The van der Waals surface area contributed by atoms with Crippen molar-refractivity contribution in [3.63, 3.8) is 0 Å². The Morgan fingerprint density at radius 3 is 2.86 bits per heavy atom. The van der Waals surface area contributed by atoms with E-state index >= 15 is 0 Å². The van der Waals surface area contributed by atoms with E-state index in [-0.39, 0.29) is 15.5 Å². The molecule has 116 valence electrons. The Morgan fingerprint density at radius 2 is 2.29 bits per heavy atom. The van der Waals surface area contributed by atoms with Crippen molar-refractivity contribution >= 4 is 31.9 Å². The Kier molecular flexibility index (Phi) is 4.76. The lowest BCUT2D eigenvalue weighted by molar-refractivity contribution is 0.277. The average molecular weight is 328 g/mol.